The molecule has 20 heavy (non-hydrogen) atoms. The van der Waals surface area contributed by atoms with E-state index in [9.17, 15) is 4.79 Å². The summed E-state index contributed by atoms with van der Waals surface area (Å²) in [5.41, 5.74) is 5.90. The molecule has 0 aliphatic rings. The van der Waals surface area contributed by atoms with Crippen molar-refractivity contribution in [2.75, 3.05) is 0 Å². The van der Waals surface area contributed by atoms with Gasteiger partial charge in [-0.15, -0.1) is 0 Å². The van der Waals surface area contributed by atoms with Gasteiger partial charge in [0.2, 0.25) is 0 Å². The van der Waals surface area contributed by atoms with Crippen LogP contribution in [0.25, 0.3) is 10.9 Å². The van der Waals surface area contributed by atoms with E-state index in [1.165, 1.54) is 0 Å². The lowest BCUT2D eigenvalue weighted by Crippen LogP contribution is -2.04. The molecule has 1 N–H and O–H groups in total. The van der Waals surface area contributed by atoms with E-state index in [0.717, 1.165) is 38.7 Å². The zero-order chi connectivity index (χ0) is 14.3. The smallest absolute Gasteiger partial charge is 0.195 e. The molecule has 0 unspecified atom stereocenters. The number of ketones is 1. The Morgan fingerprint density at radius 2 is 1.80 bits per heavy atom. The maximum Gasteiger partial charge on any atom is 0.195 e. The highest BCUT2D eigenvalue weighted by Gasteiger charge is 2.16. The molecule has 1 heterocycles. The van der Waals surface area contributed by atoms with Crippen molar-refractivity contribution in [3.05, 3.63) is 70.4 Å². The summed E-state index contributed by atoms with van der Waals surface area (Å²) < 4.78 is 0. The Morgan fingerprint density at radius 3 is 2.60 bits per heavy atom. The third-order valence-electron chi connectivity index (χ3n) is 3.93. The van der Waals surface area contributed by atoms with Gasteiger partial charge in [-0.25, -0.2) is 0 Å². The second-order valence-corrected chi connectivity index (χ2v) is 5.33. The number of carbonyl (C=O) groups is 1. The molecule has 2 nitrogen and oxygen atoms in total. The first kappa shape index (κ1) is 12.7. The Bertz CT molecular complexity index is 811. The van der Waals surface area contributed by atoms with E-state index >= 15 is 0 Å². The molecular weight excluding hydrogens is 246 g/mol. The van der Waals surface area contributed by atoms with Crippen molar-refractivity contribution in [1.29, 1.82) is 0 Å². The van der Waals surface area contributed by atoms with Crippen molar-refractivity contribution in [3.8, 4) is 0 Å². The van der Waals surface area contributed by atoms with Crippen LogP contribution in [0.3, 0.4) is 0 Å². The van der Waals surface area contributed by atoms with Gasteiger partial charge in [-0.2, -0.15) is 0 Å². The van der Waals surface area contributed by atoms with Crippen molar-refractivity contribution >= 4 is 16.7 Å². The standard InChI is InChI=1S/C18H17NO/c1-11-7-8-17-15(9-11)16(10-19-17)18(20)14-6-4-5-12(2)13(14)3/h4-10,19H,1-3H3. The van der Waals surface area contributed by atoms with Gasteiger partial charge in [0.05, 0.1) is 0 Å². The summed E-state index contributed by atoms with van der Waals surface area (Å²) in [6.07, 6.45) is 1.81. The van der Waals surface area contributed by atoms with Gasteiger partial charge in [0.1, 0.15) is 0 Å². The molecule has 1 aromatic heterocycles. The average Bonchev–Trinajstić information content (AvgIpc) is 2.84. The number of aromatic nitrogens is 1. The second-order valence-electron chi connectivity index (χ2n) is 5.33. The number of aryl methyl sites for hydroxylation is 2. The summed E-state index contributed by atoms with van der Waals surface area (Å²) in [5, 5.41) is 0.996. The molecule has 0 amide bonds. The highest BCUT2D eigenvalue weighted by atomic mass is 16.1. The molecule has 0 fully saturated rings. The van der Waals surface area contributed by atoms with Crippen LogP contribution in [0.4, 0.5) is 0 Å². The largest absolute Gasteiger partial charge is 0.360 e. The molecule has 3 rings (SSSR count). The van der Waals surface area contributed by atoms with Crippen LogP contribution < -0.4 is 0 Å². The van der Waals surface area contributed by atoms with Gasteiger partial charge in [0.25, 0.3) is 0 Å². The van der Waals surface area contributed by atoms with E-state index < -0.39 is 0 Å². The number of hydrogen-bond donors (Lipinski definition) is 1. The summed E-state index contributed by atoms with van der Waals surface area (Å²) in [6.45, 7) is 6.08. The predicted molar refractivity (Wildman–Crippen MR) is 82.4 cm³/mol. The van der Waals surface area contributed by atoms with Crippen molar-refractivity contribution in [1.82, 2.24) is 4.98 Å². The molecule has 0 aliphatic heterocycles. The van der Waals surface area contributed by atoms with Crippen LogP contribution in [-0.4, -0.2) is 10.8 Å². The summed E-state index contributed by atoms with van der Waals surface area (Å²) in [6, 6.07) is 12.0. The summed E-state index contributed by atoms with van der Waals surface area (Å²) in [7, 11) is 0. The topological polar surface area (TPSA) is 32.9 Å². The number of aromatic amines is 1. The van der Waals surface area contributed by atoms with Crippen molar-refractivity contribution < 1.29 is 4.79 Å². The van der Waals surface area contributed by atoms with Gasteiger partial charge in [-0.1, -0.05) is 29.8 Å². The van der Waals surface area contributed by atoms with E-state index in [0.29, 0.717) is 0 Å². The SMILES string of the molecule is Cc1ccc2[nH]cc(C(=O)c3cccc(C)c3C)c2c1. The summed E-state index contributed by atoms with van der Waals surface area (Å²) in [4.78, 5) is 16.0. The van der Waals surface area contributed by atoms with Crippen LogP contribution in [0, 0.1) is 20.8 Å². The van der Waals surface area contributed by atoms with Crippen LogP contribution in [-0.2, 0) is 0 Å². The van der Waals surface area contributed by atoms with E-state index in [1.807, 2.05) is 57.3 Å². The highest BCUT2D eigenvalue weighted by molar-refractivity contribution is 6.17. The van der Waals surface area contributed by atoms with E-state index in [4.69, 9.17) is 0 Å². The fourth-order valence-corrected chi connectivity index (χ4v) is 2.56. The van der Waals surface area contributed by atoms with Gasteiger partial charge >= 0.3 is 0 Å². The molecule has 0 bridgehead atoms. The minimum Gasteiger partial charge on any atom is -0.360 e. The molecule has 0 atom stereocenters. The molecule has 0 saturated carbocycles. The first-order valence-corrected chi connectivity index (χ1v) is 6.76. The van der Waals surface area contributed by atoms with Crippen molar-refractivity contribution in [3.63, 3.8) is 0 Å². The highest BCUT2D eigenvalue weighted by Crippen LogP contribution is 2.24. The summed E-state index contributed by atoms with van der Waals surface area (Å²) >= 11 is 0. The quantitative estimate of drug-likeness (QED) is 0.686. The average molecular weight is 263 g/mol. The number of hydrogen-bond acceptors (Lipinski definition) is 1. The number of H-pyrrole nitrogens is 1. The zero-order valence-corrected chi connectivity index (χ0v) is 11.9. The lowest BCUT2D eigenvalue weighted by Gasteiger charge is -2.07. The van der Waals surface area contributed by atoms with Gasteiger partial charge in [-0.3, -0.25) is 4.79 Å². The Labute approximate surface area is 118 Å². The molecule has 2 aromatic carbocycles. The molecule has 0 radical (unpaired) electrons. The molecule has 100 valence electrons. The van der Waals surface area contributed by atoms with Gasteiger partial charge in [-0.05, 0) is 44.0 Å². The number of fused-ring (bicyclic) bond motifs is 1. The second kappa shape index (κ2) is 4.64. The predicted octanol–water partition coefficient (Wildman–Crippen LogP) is 4.32. The van der Waals surface area contributed by atoms with Crippen LogP contribution >= 0.6 is 0 Å². The van der Waals surface area contributed by atoms with Crippen molar-refractivity contribution in [2.45, 2.75) is 20.8 Å². The van der Waals surface area contributed by atoms with E-state index in [2.05, 4.69) is 11.1 Å². The fourth-order valence-electron chi connectivity index (χ4n) is 2.56. The first-order chi connectivity index (χ1) is 9.58. The number of rotatable bonds is 2. The molecule has 0 aliphatic carbocycles. The van der Waals surface area contributed by atoms with E-state index in [-0.39, 0.29) is 5.78 Å². The molecule has 2 heteroatoms. The molecule has 0 spiro atoms. The third-order valence-corrected chi connectivity index (χ3v) is 3.93. The van der Waals surface area contributed by atoms with Crippen LogP contribution in [0.2, 0.25) is 0 Å². The number of benzene rings is 2. The summed E-state index contributed by atoms with van der Waals surface area (Å²) in [5.74, 6) is 0.0862. The van der Waals surface area contributed by atoms with Gasteiger partial charge in [0.15, 0.2) is 5.78 Å². The van der Waals surface area contributed by atoms with Crippen LogP contribution in [0.5, 0.6) is 0 Å². The zero-order valence-electron chi connectivity index (χ0n) is 11.9. The number of carbonyl (C=O) groups excluding carboxylic acids is 1. The number of nitrogens with one attached hydrogen (secondary N) is 1. The first-order valence-electron chi connectivity index (χ1n) is 6.76. The van der Waals surface area contributed by atoms with E-state index in [1.54, 1.807) is 0 Å². The third kappa shape index (κ3) is 1.94. The normalized spacial score (nSPS) is 10.9. The van der Waals surface area contributed by atoms with Crippen molar-refractivity contribution in [2.24, 2.45) is 0 Å². The molecule has 3 aromatic rings. The molecule has 0 saturated heterocycles. The minimum absolute atomic E-state index is 0.0862. The van der Waals surface area contributed by atoms with Crippen LogP contribution in [0.1, 0.15) is 32.6 Å². The Morgan fingerprint density at radius 1 is 1.00 bits per heavy atom. The molecular formula is C18H17NO. The monoisotopic (exact) mass is 263 g/mol. The fraction of sp³-hybridized carbons (Fsp3) is 0.167. The maximum atomic E-state index is 12.8. The van der Waals surface area contributed by atoms with Gasteiger partial charge in [0, 0.05) is 28.2 Å². The lowest BCUT2D eigenvalue weighted by molar-refractivity contribution is 0.103. The van der Waals surface area contributed by atoms with Crippen LogP contribution in [0.15, 0.2) is 42.6 Å². The Kier molecular flexibility index (Phi) is 2.94. The Balaban J connectivity index is 2.18. The lowest BCUT2D eigenvalue weighted by atomic mass is 9.95. The van der Waals surface area contributed by atoms with Gasteiger partial charge < -0.3 is 4.98 Å². The Hall–Kier alpha value is -2.35. The minimum atomic E-state index is 0.0862. The maximum absolute atomic E-state index is 12.8.